The maximum absolute atomic E-state index is 11.6. The number of amides is 2. The van der Waals surface area contributed by atoms with E-state index in [-0.39, 0.29) is 11.8 Å². The van der Waals surface area contributed by atoms with Gasteiger partial charge in [0.05, 0.1) is 6.61 Å². The van der Waals surface area contributed by atoms with E-state index < -0.39 is 0 Å². The highest BCUT2D eigenvalue weighted by Gasteiger charge is 2.18. The molecule has 108 valence electrons. The Morgan fingerprint density at radius 3 is 2.16 bits per heavy atom. The molecule has 2 fully saturated rings. The molecule has 0 bridgehead atoms. The van der Waals surface area contributed by atoms with Crippen molar-refractivity contribution in [3.63, 3.8) is 0 Å². The molecule has 0 N–H and O–H groups in total. The van der Waals surface area contributed by atoms with Crippen LogP contribution in [0.3, 0.4) is 0 Å². The van der Waals surface area contributed by atoms with Gasteiger partial charge in [-0.2, -0.15) is 0 Å². The van der Waals surface area contributed by atoms with Crippen LogP contribution in [0.1, 0.15) is 44.9 Å². The number of rotatable bonds is 6. The minimum Gasteiger partial charge on any atom is -0.361 e. The predicted molar refractivity (Wildman–Crippen MR) is 71.4 cm³/mol. The maximum atomic E-state index is 11.6. The van der Waals surface area contributed by atoms with Crippen LogP contribution < -0.4 is 0 Å². The van der Waals surface area contributed by atoms with Gasteiger partial charge in [0.1, 0.15) is 6.73 Å². The number of carbonyl (C=O) groups excluding carboxylic acids is 2. The van der Waals surface area contributed by atoms with E-state index in [2.05, 4.69) is 0 Å². The average Bonchev–Trinajstić information content (AvgIpc) is 2.42. The number of carbonyl (C=O) groups is 2. The molecule has 0 saturated carbocycles. The van der Waals surface area contributed by atoms with Gasteiger partial charge in [0.2, 0.25) is 11.8 Å². The van der Waals surface area contributed by atoms with Crippen molar-refractivity contribution in [3.05, 3.63) is 0 Å². The minimum absolute atomic E-state index is 0.206. The molecule has 5 heteroatoms. The topological polar surface area (TPSA) is 49.9 Å². The Hall–Kier alpha value is -1.10. The van der Waals surface area contributed by atoms with Crippen LogP contribution in [0.25, 0.3) is 0 Å². The van der Waals surface area contributed by atoms with E-state index in [1.54, 1.807) is 4.90 Å². The van der Waals surface area contributed by atoms with Crippen molar-refractivity contribution < 1.29 is 14.3 Å². The highest BCUT2D eigenvalue weighted by Crippen LogP contribution is 2.11. The van der Waals surface area contributed by atoms with Gasteiger partial charge < -0.3 is 14.5 Å². The van der Waals surface area contributed by atoms with Crippen molar-refractivity contribution in [2.45, 2.75) is 44.9 Å². The molecule has 0 atom stereocenters. The van der Waals surface area contributed by atoms with E-state index >= 15 is 0 Å². The van der Waals surface area contributed by atoms with Crippen LogP contribution in [0.2, 0.25) is 0 Å². The third-order valence-corrected chi connectivity index (χ3v) is 3.81. The Morgan fingerprint density at radius 2 is 1.53 bits per heavy atom. The zero-order valence-corrected chi connectivity index (χ0v) is 11.6. The van der Waals surface area contributed by atoms with Crippen LogP contribution in [-0.4, -0.2) is 54.6 Å². The van der Waals surface area contributed by atoms with Gasteiger partial charge in [-0.25, -0.2) is 0 Å². The lowest BCUT2D eigenvalue weighted by Gasteiger charge is -2.28. The van der Waals surface area contributed by atoms with E-state index in [4.69, 9.17) is 4.74 Å². The van der Waals surface area contributed by atoms with Crippen molar-refractivity contribution in [1.29, 1.82) is 0 Å². The molecule has 0 aromatic heterocycles. The summed E-state index contributed by atoms with van der Waals surface area (Å²) in [5.41, 5.74) is 0. The lowest BCUT2D eigenvalue weighted by Crippen LogP contribution is -2.38. The van der Waals surface area contributed by atoms with Crippen LogP contribution >= 0.6 is 0 Å². The Kier molecular flexibility index (Phi) is 5.63. The number of ether oxygens (including phenoxy) is 1. The molecule has 19 heavy (non-hydrogen) atoms. The molecular weight excluding hydrogens is 244 g/mol. The Bertz CT molecular complexity index is 290. The van der Waals surface area contributed by atoms with Gasteiger partial charge in [-0.05, 0) is 32.1 Å². The molecule has 5 nitrogen and oxygen atoms in total. The fourth-order valence-corrected chi connectivity index (χ4v) is 2.63. The lowest BCUT2D eigenvalue weighted by atomic mass is 10.1. The molecule has 0 aromatic carbocycles. The van der Waals surface area contributed by atoms with Crippen molar-refractivity contribution in [3.8, 4) is 0 Å². The average molecular weight is 268 g/mol. The Morgan fingerprint density at radius 1 is 0.895 bits per heavy atom. The second-order valence-electron chi connectivity index (χ2n) is 5.34. The van der Waals surface area contributed by atoms with E-state index in [0.717, 1.165) is 51.7 Å². The molecule has 0 aliphatic carbocycles. The first-order valence-electron chi connectivity index (χ1n) is 7.40. The smallest absolute Gasteiger partial charge is 0.224 e. The molecule has 2 saturated heterocycles. The van der Waals surface area contributed by atoms with E-state index in [1.807, 2.05) is 4.90 Å². The third-order valence-electron chi connectivity index (χ3n) is 3.81. The molecule has 2 heterocycles. The van der Waals surface area contributed by atoms with Crippen LogP contribution in [-0.2, 0) is 14.3 Å². The molecule has 0 unspecified atom stereocenters. The molecular formula is C14H24N2O3. The first kappa shape index (κ1) is 14.3. The van der Waals surface area contributed by atoms with Gasteiger partial charge in [0.15, 0.2) is 0 Å². The highest BCUT2D eigenvalue weighted by molar-refractivity contribution is 5.77. The highest BCUT2D eigenvalue weighted by atomic mass is 16.5. The standard InChI is InChI=1S/C14H24N2O3/c17-13-6-1-3-8-15(13)10-5-11-19-12-16-9-4-2-7-14(16)18/h1-12H2. The predicted octanol–water partition coefficient (Wildman–Crippen LogP) is 1.38. The summed E-state index contributed by atoms with van der Waals surface area (Å²) < 4.78 is 5.54. The summed E-state index contributed by atoms with van der Waals surface area (Å²) in [6.45, 7) is 3.53. The molecule has 0 radical (unpaired) electrons. The van der Waals surface area contributed by atoms with Gasteiger partial charge in [0.25, 0.3) is 0 Å². The number of piperidine rings is 2. The second-order valence-corrected chi connectivity index (χ2v) is 5.34. The first-order valence-corrected chi connectivity index (χ1v) is 7.40. The van der Waals surface area contributed by atoms with E-state index in [1.165, 1.54) is 0 Å². The third kappa shape index (κ3) is 4.49. The van der Waals surface area contributed by atoms with Gasteiger partial charge in [-0.1, -0.05) is 0 Å². The quantitative estimate of drug-likeness (QED) is 0.684. The SMILES string of the molecule is O=C1CCCCN1CCCOCN1CCCCC1=O. The van der Waals surface area contributed by atoms with Gasteiger partial charge in [-0.15, -0.1) is 0 Å². The molecule has 2 amide bonds. The zero-order chi connectivity index (χ0) is 13.5. The van der Waals surface area contributed by atoms with E-state index in [9.17, 15) is 9.59 Å². The molecule has 2 aliphatic heterocycles. The number of hydrogen-bond acceptors (Lipinski definition) is 3. The van der Waals surface area contributed by atoms with Gasteiger partial charge >= 0.3 is 0 Å². The lowest BCUT2D eigenvalue weighted by molar-refractivity contribution is -0.139. The Labute approximate surface area is 114 Å². The largest absolute Gasteiger partial charge is 0.361 e. The van der Waals surface area contributed by atoms with Crippen molar-refractivity contribution in [2.24, 2.45) is 0 Å². The summed E-state index contributed by atoms with van der Waals surface area (Å²) in [7, 11) is 0. The van der Waals surface area contributed by atoms with Crippen LogP contribution in [0, 0.1) is 0 Å². The van der Waals surface area contributed by atoms with Gasteiger partial charge in [-0.3, -0.25) is 9.59 Å². The monoisotopic (exact) mass is 268 g/mol. The van der Waals surface area contributed by atoms with Crippen molar-refractivity contribution in [2.75, 3.05) is 33.0 Å². The molecule has 0 spiro atoms. The molecule has 0 aromatic rings. The first-order chi connectivity index (χ1) is 9.27. The van der Waals surface area contributed by atoms with Gasteiger partial charge in [0, 0.05) is 32.5 Å². The summed E-state index contributed by atoms with van der Waals surface area (Å²) in [4.78, 5) is 26.8. The number of hydrogen-bond donors (Lipinski definition) is 0. The molecule has 2 aliphatic rings. The summed E-state index contributed by atoms with van der Waals surface area (Å²) in [6.07, 6.45) is 6.45. The molecule has 2 rings (SSSR count). The van der Waals surface area contributed by atoms with Crippen molar-refractivity contribution >= 4 is 11.8 Å². The zero-order valence-electron chi connectivity index (χ0n) is 11.6. The fraction of sp³-hybridized carbons (Fsp3) is 0.857. The van der Waals surface area contributed by atoms with Crippen molar-refractivity contribution in [1.82, 2.24) is 9.80 Å². The fourth-order valence-electron chi connectivity index (χ4n) is 2.63. The summed E-state index contributed by atoms with van der Waals surface area (Å²) in [6, 6.07) is 0. The summed E-state index contributed by atoms with van der Waals surface area (Å²) >= 11 is 0. The second kappa shape index (κ2) is 7.48. The van der Waals surface area contributed by atoms with Crippen LogP contribution in [0.5, 0.6) is 0 Å². The van der Waals surface area contributed by atoms with E-state index in [0.29, 0.717) is 26.2 Å². The summed E-state index contributed by atoms with van der Waals surface area (Å²) in [5.74, 6) is 0.481. The Balaban J connectivity index is 1.54. The number of nitrogens with zero attached hydrogens (tertiary/aromatic N) is 2. The summed E-state index contributed by atoms with van der Waals surface area (Å²) in [5, 5.41) is 0. The minimum atomic E-state index is 0.206. The van der Waals surface area contributed by atoms with Crippen LogP contribution in [0.15, 0.2) is 0 Å². The number of likely N-dealkylation sites (tertiary alicyclic amines) is 2. The normalized spacial score (nSPS) is 21.1. The van der Waals surface area contributed by atoms with Crippen LogP contribution in [0.4, 0.5) is 0 Å². The maximum Gasteiger partial charge on any atom is 0.224 e.